The highest BCUT2D eigenvalue weighted by Crippen LogP contribution is 2.48. The Morgan fingerprint density at radius 2 is 1.75 bits per heavy atom. The van der Waals surface area contributed by atoms with Crippen molar-refractivity contribution in [2.24, 2.45) is 10.1 Å². The van der Waals surface area contributed by atoms with Crippen LogP contribution >= 0.6 is 0 Å². The Bertz CT molecular complexity index is 905. The molecule has 0 aromatic heterocycles. The molecule has 1 fully saturated rings. The summed E-state index contributed by atoms with van der Waals surface area (Å²) in [6.45, 7) is 4.33. The van der Waals surface area contributed by atoms with E-state index in [0.29, 0.717) is 6.54 Å². The van der Waals surface area contributed by atoms with Crippen LogP contribution in [0.15, 0.2) is 64.5 Å². The van der Waals surface area contributed by atoms with Crippen LogP contribution in [0.5, 0.6) is 0 Å². The summed E-state index contributed by atoms with van der Waals surface area (Å²) >= 11 is 0. The minimum Gasteiger partial charge on any atom is -0.357 e. The molecule has 0 spiro atoms. The van der Waals surface area contributed by atoms with E-state index in [-0.39, 0.29) is 10.3 Å². The van der Waals surface area contributed by atoms with Gasteiger partial charge in [-0.15, -0.1) is 0 Å². The van der Waals surface area contributed by atoms with Gasteiger partial charge in [-0.25, -0.2) is 13.6 Å². The summed E-state index contributed by atoms with van der Waals surface area (Å²) in [4.78, 5) is 4.93. The van der Waals surface area contributed by atoms with Crippen LogP contribution < -0.4 is 15.8 Å². The summed E-state index contributed by atoms with van der Waals surface area (Å²) in [6.07, 6.45) is 3.12. The quantitative estimate of drug-likeness (QED) is 0.467. The number of nitrogens with one attached hydrogen (secondary N) is 2. The second kappa shape index (κ2) is 8.75. The van der Waals surface area contributed by atoms with E-state index in [1.54, 1.807) is 24.3 Å². The van der Waals surface area contributed by atoms with Gasteiger partial charge in [-0.3, -0.25) is 4.99 Å². The van der Waals surface area contributed by atoms with Crippen LogP contribution in [-0.4, -0.2) is 34.0 Å². The van der Waals surface area contributed by atoms with Gasteiger partial charge in [0, 0.05) is 18.5 Å². The topological polar surface area (TPSA) is 96.6 Å². The molecule has 1 aliphatic rings. The van der Waals surface area contributed by atoms with E-state index < -0.39 is 10.0 Å². The molecule has 2 aromatic rings. The number of hydrogen-bond acceptors (Lipinski definition) is 3. The number of nitrogens with zero attached hydrogens (tertiary/aromatic N) is 1. The van der Waals surface area contributed by atoms with Crippen molar-refractivity contribution in [3.8, 4) is 0 Å². The molecule has 0 radical (unpaired) electrons. The number of aliphatic imine (C=N–C) groups is 1. The van der Waals surface area contributed by atoms with E-state index in [0.717, 1.165) is 31.0 Å². The number of nitrogens with two attached hydrogens (primary N) is 1. The van der Waals surface area contributed by atoms with Gasteiger partial charge in [-0.1, -0.05) is 42.5 Å². The van der Waals surface area contributed by atoms with Crippen molar-refractivity contribution in [3.05, 3.63) is 65.7 Å². The largest absolute Gasteiger partial charge is 0.357 e. The molecule has 0 saturated heterocycles. The lowest BCUT2D eigenvalue weighted by Crippen LogP contribution is -2.39. The Kier molecular flexibility index (Phi) is 6.36. The second-order valence-corrected chi connectivity index (χ2v) is 8.77. The summed E-state index contributed by atoms with van der Waals surface area (Å²) in [7, 11) is -3.64. The molecule has 1 saturated carbocycles. The van der Waals surface area contributed by atoms with Crippen LogP contribution in [0.25, 0.3) is 0 Å². The third kappa shape index (κ3) is 5.33. The molecule has 28 heavy (non-hydrogen) atoms. The number of sulfonamides is 1. The number of rotatable bonds is 8. The SMILES string of the molecule is CCNC(=NCC1(c2ccccc2)CC1)NCCc1ccc(S(N)(=O)=O)cc1. The lowest BCUT2D eigenvalue weighted by molar-refractivity contribution is 0.598. The molecule has 0 heterocycles. The average Bonchev–Trinajstić information content (AvgIpc) is 3.48. The minimum absolute atomic E-state index is 0.134. The van der Waals surface area contributed by atoms with Gasteiger partial charge < -0.3 is 10.6 Å². The highest BCUT2D eigenvalue weighted by atomic mass is 32.2. The van der Waals surface area contributed by atoms with Crippen molar-refractivity contribution < 1.29 is 8.42 Å². The van der Waals surface area contributed by atoms with Gasteiger partial charge in [-0.05, 0) is 49.4 Å². The number of benzene rings is 2. The monoisotopic (exact) mass is 400 g/mol. The second-order valence-electron chi connectivity index (χ2n) is 7.21. The van der Waals surface area contributed by atoms with E-state index in [2.05, 4.69) is 34.9 Å². The van der Waals surface area contributed by atoms with Crippen LogP contribution in [0.3, 0.4) is 0 Å². The standard InChI is InChI=1S/C21H28N4O2S/c1-2-23-20(25-16-21(13-14-21)18-6-4-3-5-7-18)24-15-12-17-8-10-19(11-9-17)28(22,26)27/h3-11H,2,12-16H2,1H3,(H2,22,26,27)(H2,23,24,25). The fourth-order valence-corrected chi connectivity index (χ4v) is 3.74. The van der Waals surface area contributed by atoms with Gasteiger partial charge in [0.05, 0.1) is 11.4 Å². The first-order valence-electron chi connectivity index (χ1n) is 9.62. The highest BCUT2D eigenvalue weighted by molar-refractivity contribution is 7.89. The highest BCUT2D eigenvalue weighted by Gasteiger charge is 2.43. The molecule has 1 aliphatic carbocycles. The Balaban J connectivity index is 1.55. The fourth-order valence-electron chi connectivity index (χ4n) is 3.22. The third-order valence-electron chi connectivity index (χ3n) is 5.08. The van der Waals surface area contributed by atoms with Crippen LogP contribution in [-0.2, 0) is 21.9 Å². The summed E-state index contributed by atoms with van der Waals surface area (Å²) in [5.74, 6) is 0.811. The van der Waals surface area contributed by atoms with Gasteiger partial charge in [0.1, 0.15) is 0 Å². The van der Waals surface area contributed by atoms with Crippen molar-refractivity contribution in [2.75, 3.05) is 19.6 Å². The maximum Gasteiger partial charge on any atom is 0.238 e. The first-order chi connectivity index (χ1) is 13.4. The molecule has 4 N–H and O–H groups in total. The van der Waals surface area contributed by atoms with Crippen LogP contribution in [0.2, 0.25) is 0 Å². The van der Waals surface area contributed by atoms with Crippen molar-refractivity contribution in [2.45, 2.75) is 36.5 Å². The predicted molar refractivity (Wildman–Crippen MR) is 113 cm³/mol. The van der Waals surface area contributed by atoms with E-state index >= 15 is 0 Å². The molecule has 0 atom stereocenters. The lowest BCUT2D eigenvalue weighted by Gasteiger charge is -2.16. The lowest BCUT2D eigenvalue weighted by atomic mass is 9.96. The van der Waals surface area contributed by atoms with Gasteiger partial charge in [0.25, 0.3) is 0 Å². The average molecular weight is 401 g/mol. The molecule has 0 amide bonds. The molecule has 2 aromatic carbocycles. The van der Waals surface area contributed by atoms with Crippen molar-refractivity contribution in [1.29, 1.82) is 0 Å². The molecule has 150 valence electrons. The van der Waals surface area contributed by atoms with E-state index in [4.69, 9.17) is 10.1 Å². The molecule has 3 rings (SSSR count). The third-order valence-corrected chi connectivity index (χ3v) is 6.01. The van der Waals surface area contributed by atoms with Crippen molar-refractivity contribution in [1.82, 2.24) is 10.6 Å². The Morgan fingerprint density at radius 1 is 1.07 bits per heavy atom. The zero-order valence-electron chi connectivity index (χ0n) is 16.2. The maximum absolute atomic E-state index is 11.3. The summed E-state index contributed by atoms with van der Waals surface area (Å²) < 4.78 is 22.6. The molecular weight excluding hydrogens is 372 g/mol. The van der Waals surface area contributed by atoms with Crippen LogP contribution in [0, 0.1) is 0 Å². The predicted octanol–water partition coefficient (Wildman–Crippen LogP) is 2.16. The summed E-state index contributed by atoms with van der Waals surface area (Å²) in [5.41, 5.74) is 2.59. The molecule has 7 heteroatoms. The van der Waals surface area contributed by atoms with Crippen LogP contribution in [0.1, 0.15) is 30.9 Å². The summed E-state index contributed by atoms with van der Waals surface area (Å²) in [6, 6.07) is 17.3. The minimum atomic E-state index is -3.64. The zero-order valence-corrected chi connectivity index (χ0v) is 17.0. The van der Waals surface area contributed by atoms with Crippen molar-refractivity contribution in [3.63, 3.8) is 0 Å². The number of hydrogen-bond donors (Lipinski definition) is 3. The first kappa shape index (κ1) is 20.4. The Labute approximate surface area is 167 Å². The first-order valence-corrected chi connectivity index (χ1v) is 11.2. The molecule has 0 bridgehead atoms. The number of primary sulfonamides is 1. The Morgan fingerprint density at radius 3 is 2.32 bits per heavy atom. The van der Waals surface area contributed by atoms with Gasteiger partial charge in [0.2, 0.25) is 10.0 Å². The molecular formula is C21H28N4O2S. The van der Waals surface area contributed by atoms with Gasteiger partial charge in [-0.2, -0.15) is 0 Å². The molecule has 0 aliphatic heterocycles. The zero-order chi connectivity index (χ0) is 20.0. The Hall–Kier alpha value is -2.38. The fraction of sp³-hybridized carbons (Fsp3) is 0.381. The smallest absolute Gasteiger partial charge is 0.238 e. The van der Waals surface area contributed by atoms with E-state index in [1.807, 2.05) is 13.0 Å². The maximum atomic E-state index is 11.3. The number of guanidine groups is 1. The summed E-state index contributed by atoms with van der Waals surface area (Å²) in [5, 5.41) is 11.8. The molecule has 0 unspecified atom stereocenters. The van der Waals surface area contributed by atoms with Gasteiger partial charge >= 0.3 is 0 Å². The normalized spacial score (nSPS) is 15.9. The van der Waals surface area contributed by atoms with Crippen LogP contribution in [0.4, 0.5) is 0 Å². The van der Waals surface area contributed by atoms with E-state index in [1.165, 1.54) is 18.4 Å². The van der Waals surface area contributed by atoms with E-state index in [9.17, 15) is 8.42 Å². The molecule has 6 nitrogen and oxygen atoms in total. The van der Waals surface area contributed by atoms with Crippen molar-refractivity contribution >= 4 is 16.0 Å². The van der Waals surface area contributed by atoms with Gasteiger partial charge in [0.15, 0.2) is 5.96 Å².